The van der Waals surface area contributed by atoms with Gasteiger partial charge in [0.2, 0.25) is 0 Å². The summed E-state index contributed by atoms with van der Waals surface area (Å²) in [7, 11) is 3.11. The van der Waals surface area contributed by atoms with Crippen LogP contribution in [0.15, 0.2) is 36.4 Å². The number of para-hydroxylation sites is 1. The van der Waals surface area contributed by atoms with Crippen molar-refractivity contribution < 1.29 is 14.3 Å². The van der Waals surface area contributed by atoms with Crippen LogP contribution in [0.5, 0.6) is 5.75 Å². The van der Waals surface area contributed by atoms with Gasteiger partial charge in [0.05, 0.1) is 20.3 Å². The lowest BCUT2D eigenvalue weighted by atomic mass is 9.88. The Bertz CT molecular complexity index is 1020. The van der Waals surface area contributed by atoms with E-state index in [1.54, 1.807) is 7.11 Å². The maximum atomic E-state index is 12.4. The summed E-state index contributed by atoms with van der Waals surface area (Å²) in [4.78, 5) is 15.9. The normalized spacial score (nSPS) is 19.0. The Morgan fingerprint density at radius 2 is 1.85 bits per heavy atom. The van der Waals surface area contributed by atoms with E-state index in [0.29, 0.717) is 6.42 Å². The van der Waals surface area contributed by atoms with Crippen LogP contribution in [0.2, 0.25) is 0 Å². The number of carbonyl (C=O) groups excluding carboxylic acids is 1. The van der Waals surface area contributed by atoms with Crippen LogP contribution in [0, 0.1) is 13.8 Å². The Kier molecular flexibility index (Phi) is 4.40. The smallest absolute Gasteiger partial charge is 0.323 e. The SMILES string of the molecule is COC(=O)C1Cc2c([nH]c3ccccc23)C(c2cc(C)c(C)cc2OC)N1. The molecule has 0 amide bonds. The molecular formula is C22H24N2O3. The molecule has 140 valence electrons. The fraction of sp³-hybridized carbons (Fsp3) is 0.318. The molecule has 2 aromatic carbocycles. The average molecular weight is 364 g/mol. The quantitative estimate of drug-likeness (QED) is 0.698. The molecule has 0 spiro atoms. The number of benzene rings is 2. The number of rotatable bonds is 3. The van der Waals surface area contributed by atoms with E-state index in [2.05, 4.69) is 48.4 Å². The molecule has 0 radical (unpaired) electrons. The zero-order valence-electron chi connectivity index (χ0n) is 16.1. The number of esters is 1. The van der Waals surface area contributed by atoms with Gasteiger partial charge in [-0.25, -0.2) is 0 Å². The Labute approximate surface area is 158 Å². The van der Waals surface area contributed by atoms with Crippen molar-refractivity contribution >= 4 is 16.9 Å². The van der Waals surface area contributed by atoms with Crippen molar-refractivity contribution in [2.45, 2.75) is 32.4 Å². The molecule has 2 atom stereocenters. The Hall–Kier alpha value is -2.79. The second-order valence-corrected chi connectivity index (χ2v) is 7.12. The van der Waals surface area contributed by atoms with Gasteiger partial charge in [-0.2, -0.15) is 0 Å². The molecule has 1 aromatic heterocycles. The molecule has 0 fully saturated rings. The van der Waals surface area contributed by atoms with Gasteiger partial charge in [0.15, 0.2) is 0 Å². The van der Waals surface area contributed by atoms with Crippen LogP contribution in [0.4, 0.5) is 0 Å². The maximum absolute atomic E-state index is 12.4. The van der Waals surface area contributed by atoms with Crippen LogP contribution in [0.3, 0.4) is 0 Å². The Balaban J connectivity index is 1.93. The molecule has 2 N–H and O–H groups in total. The van der Waals surface area contributed by atoms with Crippen molar-refractivity contribution in [3.63, 3.8) is 0 Å². The average Bonchev–Trinajstić information content (AvgIpc) is 3.07. The van der Waals surface area contributed by atoms with Crippen LogP contribution in [-0.4, -0.2) is 31.2 Å². The van der Waals surface area contributed by atoms with E-state index in [9.17, 15) is 4.79 Å². The minimum Gasteiger partial charge on any atom is -0.496 e. The lowest BCUT2D eigenvalue weighted by molar-refractivity contribution is -0.143. The van der Waals surface area contributed by atoms with E-state index in [1.165, 1.54) is 18.2 Å². The summed E-state index contributed by atoms with van der Waals surface area (Å²) < 4.78 is 10.7. The topological polar surface area (TPSA) is 63.4 Å². The molecule has 3 aromatic rings. The summed E-state index contributed by atoms with van der Waals surface area (Å²) in [5, 5.41) is 4.62. The third-order valence-corrected chi connectivity index (χ3v) is 5.55. The molecule has 0 bridgehead atoms. The van der Waals surface area contributed by atoms with Crippen LogP contribution < -0.4 is 10.1 Å². The summed E-state index contributed by atoms with van der Waals surface area (Å²) in [5.74, 6) is 0.560. The molecule has 2 heterocycles. The van der Waals surface area contributed by atoms with E-state index in [-0.39, 0.29) is 12.0 Å². The summed E-state index contributed by atoms with van der Waals surface area (Å²) in [6.07, 6.45) is 0.593. The second-order valence-electron chi connectivity index (χ2n) is 7.12. The highest BCUT2D eigenvalue weighted by molar-refractivity contribution is 5.87. The van der Waals surface area contributed by atoms with Gasteiger partial charge in [-0.15, -0.1) is 0 Å². The summed E-state index contributed by atoms with van der Waals surface area (Å²) in [5.41, 5.74) is 6.69. The van der Waals surface area contributed by atoms with Gasteiger partial charge in [-0.3, -0.25) is 10.1 Å². The van der Waals surface area contributed by atoms with Crippen molar-refractivity contribution in [1.82, 2.24) is 10.3 Å². The van der Waals surface area contributed by atoms with Crippen molar-refractivity contribution in [2.24, 2.45) is 0 Å². The molecule has 5 heteroatoms. The van der Waals surface area contributed by atoms with E-state index >= 15 is 0 Å². The molecule has 5 nitrogen and oxygen atoms in total. The van der Waals surface area contributed by atoms with Gasteiger partial charge >= 0.3 is 5.97 Å². The van der Waals surface area contributed by atoms with Crippen molar-refractivity contribution in [3.05, 3.63) is 64.3 Å². The molecule has 2 unspecified atom stereocenters. The van der Waals surface area contributed by atoms with Crippen LogP contribution in [0.25, 0.3) is 10.9 Å². The van der Waals surface area contributed by atoms with Gasteiger partial charge < -0.3 is 14.5 Å². The van der Waals surface area contributed by atoms with Crippen LogP contribution in [0.1, 0.15) is 34.0 Å². The standard InChI is InChI=1S/C22H24N2O3/c1-12-9-16(19(26-3)10-13(12)2)21-20-15(11-18(24-21)22(25)27-4)14-7-5-6-8-17(14)23-20/h5-10,18,21,23-24H,11H2,1-4H3. The molecule has 4 rings (SSSR count). The summed E-state index contributed by atoms with van der Waals surface area (Å²) >= 11 is 0. The molecular weight excluding hydrogens is 340 g/mol. The number of carbonyl (C=O) groups is 1. The molecule has 27 heavy (non-hydrogen) atoms. The number of ether oxygens (including phenoxy) is 2. The van der Waals surface area contributed by atoms with E-state index in [1.807, 2.05) is 12.1 Å². The summed E-state index contributed by atoms with van der Waals surface area (Å²) in [6, 6.07) is 11.8. The Morgan fingerprint density at radius 1 is 1.11 bits per heavy atom. The van der Waals surface area contributed by atoms with Gasteiger partial charge in [-0.05, 0) is 42.7 Å². The van der Waals surface area contributed by atoms with Gasteiger partial charge in [0.25, 0.3) is 0 Å². The molecule has 1 aliphatic heterocycles. The third-order valence-electron chi connectivity index (χ3n) is 5.55. The minimum absolute atomic E-state index is 0.181. The predicted octanol–water partition coefficient (Wildman–Crippen LogP) is 3.57. The molecule has 0 saturated heterocycles. The highest BCUT2D eigenvalue weighted by Gasteiger charge is 2.35. The number of fused-ring (bicyclic) bond motifs is 3. The number of nitrogens with one attached hydrogen (secondary N) is 2. The number of methoxy groups -OCH3 is 2. The third kappa shape index (κ3) is 2.88. The van der Waals surface area contributed by atoms with Crippen molar-refractivity contribution in [1.29, 1.82) is 0 Å². The number of hydrogen-bond acceptors (Lipinski definition) is 4. The monoisotopic (exact) mass is 364 g/mol. The zero-order valence-corrected chi connectivity index (χ0v) is 16.1. The van der Waals surface area contributed by atoms with E-state index < -0.39 is 6.04 Å². The lowest BCUT2D eigenvalue weighted by Gasteiger charge is -2.31. The number of aromatic amines is 1. The molecule has 0 saturated carbocycles. The van der Waals surface area contributed by atoms with E-state index in [4.69, 9.17) is 9.47 Å². The van der Waals surface area contributed by atoms with Crippen molar-refractivity contribution in [3.8, 4) is 5.75 Å². The largest absolute Gasteiger partial charge is 0.496 e. The highest BCUT2D eigenvalue weighted by atomic mass is 16.5. The maximum Gasteiger partial charge on any atom is 0.323 e. The first-order valence-corrected chi connectivity index (χ1v) is 9.12. The van der Waals surface area contributed by atoms with Crippen molar-refractivity contribution in [2.75, 3.05) is 14.2 Å². The van der Waals surface area contributed by atoms with Crippen LogP contribution in [-0.2, 0) is 16.0 Å². The van der Waals surface area contributed by atoms with E-state index in [0.717, 1.165) is 33.5 Å². The predicted molar refractivity (Wildman–Crippen MR) is 105 cm³/mol. The highest BCUT2D eigenvalue weighted by Crippen LogP contribution is 2.39. The van der Waals surface area contributed by atoms with Gasteiger partial charge in [-0.1, -0.05) is 24.3 Å². The lowest BCUT2D eigenvalue weighted by Crippen LogP contribution is -2.45. The minimum atomic E-state index is -0.405. The number of H-pyrrole nitrogens is 1. The van der Waals surface area contributed by atoms with Gasteiger partial charge in [0.1, 0.15) is 11.8 Å². The number of aryl methyl sites for hydroxylation is 2. The Morgan fingerprint density at radius 3 is 2.59 bits per heavy atom. The van der Waals surface area contributed by atoms with Gasteiger partial charge in [0, 0.05) is 28.6 Å². The first kappa shape index (κ1) is 17.6. The second kappa shape index (κ2) is 6.74. The molecule has 0 aliphatic carbocycles. The first-order chi connectivity index (χ1) is 13.0. The summed E-state index contributed by atoms with van der Waals surface area (Å²) in [6.45, 7) is 4.16. The number of hydrogen-bond donors (Lipinski definition) is 2. The molecule has 1 aliphatic rings. The zero-order chi connectivity index (χ0) is 19.1. The number of aromatic nitrogens is 1. The fourth-order valence-corrected chi connectivity index (χ4v) is 3.99. The first-order valence-electron chi connectivity index (χ1n) is 9.12. The van der Waals surface area contributed by atoms with Crippen LogP contribution >= 0.6 is 0 Å². The fourth-order valence-electron chi connectivity index (χ4n) is 3.99.